The Kier molecular flexibility index (Phi) is 20.0. The molecule has 0 saturated heterocycles. The van der Waals surface area contributed by atoms with Gasteiger partial charge in [-0.2, -0.15) is 0 Å². The Balaban J connectivity index is 0.793. The fourth-order valence-electron chi connectivity index (χ4n) is 17.6. The second kappa shape index (κ2) is 30.7. The van der Waals surface area contributed by atoms with Crippen LogP contribution in [-0.4, -0.2) is 13.2 Å². The highest BCUT2D eigenvalue weighted by Crippen LogP contribution is 2.61. The molecule has 2 aliphatic rings. The lowest BCUT2D eigenvalue weighted by atomic mass is 9.67. The molecule has 0 fully saturated rings. The molecule has 0 N–H and O–H groups in total. The molecular weight excluding hydrogens is 1430 g/mol. The highest BCUT2D eigenvalue weighted by Gasteiger charge is 2.49. The number of rotatable bonds is 24. The van der Waals surface area contributed by atoms with E-state index in [-0.39, 0.29) is 10.8 Å². The van der Waals surface area contributed by atoms with Gasteiger partial charge in [-0.05, 0) is 234 Å². The molecule has 9 heteroatoms. The molecule has 0 aliphatic heterocycles. The van der Waals surface area contributed by atoms with Crippen molar-refractivity contribution < 1.29 is 31.5 Å². The van der Waals surface area contributed by atoms with E-state index in [0.717, 1.165) is 139 Å². The van der Waals surface area contributed by atoms with Gasteiger partial charge in [-0.1, -0.05) is 273 Å². The molecule has 1 heterocycles. The van der Waals surface area contributed by atoms with Crippen molar-refractivity contribution in [2.45, 2.75) is 102 Å². The average Bonchev–Trinajstić information content (AvgIpc) is 1.53. The van der Waals surface area contributed by atoms with Crippen LogP contribution >= 0.6 is 0 Å². The van der Waals surface area contributed by atoms with Crippen molar-refractivity contribution in [1.82, 2.24) is 0 Å². The van der Waals surface area contributed by atoms with Gasteiger partial charge in [0.2, 0.25) is 0 Å². The number of unbranched alkanes of at least 4 members (excludes halogenated alkanes) is 2. The molecule has 0 saturated carbocycles. The summed E-state index contributed by atoms with van der Waals surface area (Å²) in [4.78, 5) is 3.92. The van der Waals surface area contributed by atoms with Crippen LogP contribution in [0.1, 0.15) is 145 Å². The number of nitrogens with zero attached hydrogens (tertiary/aromatic N) is 2. The summed E-state index contributed by atoms with van der Waals surface area (Å²) >= 11 is 0. The zero-order valence-electron chi connectivity index (χ0n) is 65.7. The Bertz CT molecular complexity index is 5780. The number of ether oxygens (including phenoxy) is 2. The maximum atomic E-state index is 16.4. The molecule has 14 aromatic carbocycles. The van der Waals surface area contributed by atoms with Gasteiger partial charge in [0.05, 0.1) is 35.4 Å². The van der Waals surface area contributed by atoms with Crippen LogP contribution in [-0.2, 0) is 34.5 Å². The molecule has 115 heavy (non-hydrogen) atoms. The molecule has 2 atom stereocenters. The number of benzene rings is 14. The van der Waals surface area contributed by atoms with E-state index in [1.165, 1.54) is 46.5 Å². The third-order valence-electron chi connectivity index (χ3n) is 23.5. The van der Waals surface area contributed by atoms with Crippen molar-refractivity contribution in [3.63, 3.8) is 0 Å². The highest BCUT2D eigenvalue weighted by molar-refractivity contribution is 6.14. The number of hydrogen-bond acceptors (Lipinski definition) is 5. The number of furan rings is 1. The fraction of sp³-hybridized carbons (Fsp3) is 0.170. The topological polar surface area (TPSA) is 38.1 Å². The number of aryl methyl sites for hydroxylation is 2. The second-order valence-corrected chi connectivity index (χ2v) is 32.5. The van der Waals surface area contributed by atoms with Crippen LogP contribution < -0.4 is 19.3 Å². The third-order valence-corrected chi connectivity index (χ3v) is 23.5. The van der Waals surface area contributed by atoms with Gasteiger partial charge < -0.3 is 23.7 Å². The van der Waals surface area contributed by atoms with Gasteiger partial charge in [0.15, 0.2) is 34.4 Å². The van der Waals surface area contributed by atoms with Crippen LogP contribution in [0.5, 0.6) is 11.5 Å². The standard InChI is InChI=1S/C106H90F4N2O3/c1-9-69-35-55-83(56-36-69)113-63-17-15-21-71-31-39-75(40-32-71)105(77-47-43-73(44-48-77)103(3,4)5)91-27-13-11-23-85(91)87-59-51-79(65-93(87)105)111(81-53-61-95(107)97(109)67-81)99-29-19-25-89-90-26-20-30-100(102(90)115-101(89)99)112(82-54-62-96(108)98(110)68-82)80-52-60-88-86-24-12-14-28-92(86)106(94(88)66-80,78-49-45-74(46-50-78)104(6,7)8)76-41-33-72(34-42-76)22-16-18-64-114-84-57-37-70(10-2)38-58-84/h9-14,19-20,23-62,65-68H,1-2,15-18,21-22,63-64H2,3-8H3. The van der Waals surface area contributed by atoms with Crippen LogP contribution in [0.4, 0.5) is 51.7 Å². The molecule has 0 radical (unpaired) electrons. The zero-order chi connectivity index (χ0) is 79.3. The smallest absolute Gasteiger partial charge is 0.160 e. The largest absolute Gasteiger partial charge is 0.494 e. The minimum atomic E-state index is -1.02. The average molecular weight is 1520 g/mol. The maximum Gasteiger partial charge on any atom is 0.160 e. The van der Waals surface area contributed by atoms with Crippen molar-refractivity contribution in [1.29, 1.82) is 0 Å². The summed E-state index contributed by atoms with van der Waals surface area (Å²) in [6.07, 6.45) is 9.03. The molecule has 570 valence electrons. The number of hydrogen-bond donors (Lipinski definition) is 0. The molecule has 0 amide bonds. The molecule has 0 spiro atoms. The van der Waals surface area contributed by atoms with Crippen LogP contribution in [0.2, 0.25) is 0 Å². The van der Waals surface area contributed by atoms with Crippen LogP contribution in [0.15, 0.2) is 321 Å². The quantitative estimate of drug-likeness (QED) is 0.0445. The monoisotopic (exact) mass is 1510 g/mol. The van der Waals surface area contributed by atoms with E-state index in [9.17, 15) is 0 Å². The maximum absolute atomic E-state index is 16.4. The second-order valence-electron chi connectivity index (χ2n) is 32.5. The predicted octanol–water partition coefficient (Wildman–Crippen LogP) is 28.5. The summed E-state index contributed by atoms with van der Waals surface area (Å²) in [7, 11) is 0. The minimum Gasteiger partial charge on any atom is -0.494 e. The lowest BCUT2D eigenvalue weighted by molar-refractivity contribution is 0.307. The van der Waals surface area contributed by atoms with E-state index in [4.69, 9.17) is 13.9 Å². The third kappa shape index (κ3) is 13.8. The lowest BCUT2D eigenvalue weighted by Crippen LogP contribution is -2.29. The summed E-state index contributed by atoms with van der Waals surface area (Å²) in [5.41, 5.74) is 21.8. The summed E-state index contributed by atoms with van der Waals surface area (Å²) in [5, 5.41) is 1.46. The van der Waals surface area contributed by atoms with Gasteiger partial charge in [0.25, 0.3) is 0 Å². The summed E-state index contributed by atoms with van der Waals surface area (Å²) in [6, 6.07) is 102. The van der Waals surface area contributed by atoms with E-state index in [1.807, 2.05) is 107 Å². The Labute approximate surface area is 671 Å². The van der Waals surface area contributed by atoms with Crippen molar-refractivity contribution in [2.24, 2.45) is 0 Å². The SMILES string of the molecule is C=Cc1ccc(OCCCCc2ccc(C3(c4ccc(C(C)(C)C)cc4)c4ccccc4-c4ccc(N(c5ccc(F)c(F)c5)c5cccc6c5oc5c(N(c7ccc(F)c(F)c7)c7ccc8c(c7)C(c7ccc(CCCCOc9ccc(C=C)cc9)cc7)(c7ccc(C(C)(C)C)cc7)c7ccccc7-8)cccc56)cc43)cc2)cc1. The van der Waals surface area contributed by atoms with Gasteiger partial charge in [0, 0.05) is 45.7 Å². The molecule has 2 unspecified atom stereocenters. The Morgan fingerprint density at radius 3 is 1.05 bits per heavy atom. The van der Waals surface area contributed by atoms with Gasteiger partial charge in [-0.15, -0.1) is 0 Å². The molecule has 5 nitrogen and oxygen atoms in total. The number of para-hydroxylation sites is 2. The zero-order valence-corrected chi connectivity index (χ0v) is 65.7. The Hall–Kier alpha value is -12.7. The Morgan fingerprint density at radius 1 is 0.339 bits per heavy atom. The van der Waals surface area contributed by atoms with E-state index >= 15 is 17.6 Å². The minimum absolute atomic E-state index is 0.123. The molecule has 2 aliphatic carbocycles. The fourth-order valence-corrected chi connectivity index (χ4v) is 17.6. The molecular formula is C106H90F4N2O3. The van der Waals surface area contributed by atoms with Crippen LogP contribution in [0, 0.1) is 23.3 Å². The number of fused-ring (bicyclic) bond motifs is 9. The number of halogens is 4. The molecule has 15 aromatic rings. The molecule has 1 aromatic heterocycles. The summed E-state index contributed by atoms with van der Waals surface area (Å²) < 4.78 is 83.8. The highest BCUT2D eigenvalue weighted by atomic mass is 19.2. The predicted molar refractivity (Wildman–Crippen MR) is 465 cm³/mol. The first-order chi connectivity index (χ1) is 55.8. The first kappa shape index (κ1) is 75.0. The van der Waals surface area contributed by atoms with E-state index in [1.54, 1.807) is 12.1 Å². The summed E-state index contributed by atoms with van der Waals surface area (Å²) in [5.74, 6) is -2.32. The van der Waals surface area contributed by atoms with Crippen molar-refractivity contribution in [3.05, 3.63) is 418 Å². The van der Waals surface area contributed by atoms with Gasteiger partial charge in [0.1, 0.15) is 11.5 Å². The lowest BCUT2D eigenvalue weighted by Gasteiger charge is -2.35. The van der Waals surface area contributed by atoms with Crippen LogP contribution in [0.3, 0.4) is 0 Å². The first-order valence-corrected chi connectivity index (χ1v) is 39.9. The Morgan fingerprint density at radius 2 is 0.687 bits per heavy atom. The van der Waals surface area contributed by atoms with Crippen molar-refractivity contribution in [2.75, 3.05) is 23.0 Å². The van der Waals surface area contributed by atoms with E-state index in [2.05, 4.69) is 237 Å². The van der Waals surface area contributed by atoms with E-state index in [0.29, 0.717) is 58.5 Å². The first-order valence-electron chi connectivity index (χ1n) is 39.9. The van der Waals surface area contributed by atoms with Crippen LogP contribution in [0.25, 0.3) is 56.3 Å². The number of anilines is 6. The summed E-state index contributed by atoms with van der Waals surface area (Å²) in [6.45, 7) is 22.3. The van der Waals surface area contributed by atoms with Crippen molar-refractivity contribution >= 4 is 68.2 Å². The van der Waals surface area contributed by atoms with Gasteiger partial charge in [-0.3, -0.25) is 0 Å². The normalized spacial score (nSPS) is 14.8. The van der Waals surface area contributed by atoms with Gasteiger partial charge >= 0.3 is 0 Å². The van der Waals surface area contributed by atoms with Crippen molar-refractivity contribution in [3.8, 4) is 33.8 Å². The molecule has 0 bridgehead atoms. The molecule has 17 rings (SSSR count). The van der Waals surface area contributed by atoms with Gasteiger partial charge in [-0.25, -0.2) is 17.6 Å². The van der Waals surface area contributed by atoms with E-state index < -0.39 is 34.1 Å².